The van der Waals surface area contributed by atoms with E-state index < -0.39 is 15.9 Å². The Morgan fingerprint density at radius 2 is 1.69 bits per heavy atom. The van der Waals surface area contributed by atoms with Gasteiger partial charge in [-0.05, 0) is 0 Å². The molecule has 2 aromatic rings. The predicted molar refractivity (Wildman–Crippen MR) is 97.6 cm³/mol. The molecule has 0 aromatic heterocycles. The van der Waals surface area contributed by atoms with Crippen molar-refractivity contribution in [2.75, 3.05) is 0 Å². The molecule has 4 nitrogen and oxygen atoms in total. The topological polar surface area (TPSA) is 54.5 Å². The maximum absolute atomic E-state index is 13.2. The second kappa shape index (κ2) is 6.80. The summed E-state index contributed by atoms with van der Waals surface area (Å²) in [6, 6.07) is 12.5. The monoisotopic (exact) mass is 439 g/mol. The Kier molecular flexibility index (Phi) is 4.63. The summed E-state index contributed by atoms with van der Waals surface area (Å²) in [6.07, 6.45) is 3.51. The normalized spacial score (nSPS) is 24.5. The Bertz CT molecular complexity index is 946. The second-order valence-corrected chi connectivity index (χ2v) is 11.1. The number of benzene rings is 2. The molecule has 0 bridgehead atoms. The van der Waals surface area contributed by atoms with Gasteiger partial charge in [-0.2, -0.15) is 0 Å². The summed E-state index contributed by atoms with van der Waals surface area (Å²) in [6.45, 7) is 0. The number of carbonyl (C=O) groups is 1. The van der Waals surface area contributed by atoms with Crippen molar-refractivity contribution >= 4 is 35.3 Å². The number of hydrogen-bond donors (Lipinski definition) is 0. The summed E-state index contributed by atoms with van der Waals surface area (Å²) in [5.74, 6) is -0.690. The van der Waals surface area contributed by atoms with Gasteiger partial charge in [0.2, 0.25) is 0 Å². The van der Waals surface area contributed by atoms with Crippen molar-refractivity contribution in [3.05, 3.63) is 59.9 Å². The van der Waals surface area contributed by atoms with Crippen molar-refractivity contribution in [3.63, 3.8) is 0 Å². The molecule has 2 unspecified atom stereocenters. The third-order valence-corrected chi connectivity index (χ3v) is 9.72. The summed E-state index contributed by atoms with van der Waals surface area (Å²) in [7, 11) is -3.79. The van der Waals surface area contributed by atoms with Crippen molar-refractivity contribution in [2.24, 2.45) is 0 Å². The number of carbonyl (C=O) groups excluding carboxylic acids is 1. The average Bonchev–Trinajstić information content (AvgIpc) is 2.84. The van der Waals surface area contributed by atoms with Crippen LogP contribution in [-0.4, -0.2) is 39.6 Å². The molecule has 0 radical (unpaired) electrons. The van der Waals surface area contributed by atoms with Gasteiger partial charge in [-0.1, -0.05) is 0 Å². The first-order valence-corrected chi connectivity index (χ1v) is 11.9. The summed E-state index contributed by atoms with van der Waals surface area (Å²) in [5.41, 5.74) is 0.270. The summed E-state index contributed by atoms with van der Waals surface area (Å²) >= 11 is -0.0244. The number of sulfonamides is 1. The predicted octanol–water partition coefficient (Wildman–Crippen LogP) is 2.73. The van der Waals surface area contributed by atoms with Gasteiger partial charge in [0.05, 0.1) is 0 Å². The first-order valence-electron chi connectivity index (χ1n) is 8.58. The molecule has 4 rings (SSSR count). The number of rotatable bonds is 3. The van der Waals surface area contributed by atoms with Crippen molar-refractivity contribution < 1.29 is 17.6 Å². The third kappa shape index (κ3) is 2.98. The van der Waals surface area contributed by atoms with Crippen LogP contribution in [0.5, 0.6) is 0 Å². The van der Waals surface area contributed by atoms with Crippen LogP contribution >= 0.6 is 0 Å². The zero-order valence-electron chi connectivity index (χ0n) is 14.0. The van der Waals surface area contributed by atoms with Crippen LogP contribution in [0.25, 0.3) is 0 Å². The Balaban J connectivity index is 1.67. The summed E-state index contributed by atoms with van der Waals surface area (Å²) in [4.78, 5) is 13.1. The molecule has 1 amide bonds. The van der Waals surface area contributed by atoms with E-state index in [1.807, 2.05) is 0 Å². The van der Waals surface area contributed by atoms with Gasteiger partial charge in [0.1, 0.15) is 0 Å². The van der Waals surface area contributed by atoms with E-state index in [1.165, 1.54) is 18.2 Å². The van der Waals surface area contributed by atoms with E-state index in [4.69, 9.17) is 0 Å². The number of amides is 1. The van der Waals surface area contributed by atoms with E-state index in [-0.39, 0.29) is 42.1 Å². The zero-order valence-corrected chi connectivity index (χ0v) is 16.5. The standard InChI is InChI=1S/C19H18FNO3SSe/c20-13-9-11-14(12-10-13)26-18-8-4-2-6-16(18)21-19(22)15-5-1-3-7-17(15)25(21,23)24/h1,3,5,7,9-12,16,18H,2,4,6,8H2. The first-order chi connectivity index (χ1) is 12.5. The van der Waals surface area contributed by atoms with Gasteiger partial charge in [-0.25, -0.2) is 0 Å². The van der Waals surface area contributed by atoms with Crippen LogP contribution in [0, 0.1) is 5.82 Å². The number of nitrogens with zero attached hydrogens (tertiary/aromatic N) is 1. The number of fused-ring (bicyclic) bond motifs is 1. The SMILES string of the molecule is O=C1c2ccccc2S(=O)(=O)N1C1CCCCC1[Se]c1ccc(F)cc1. The molecule has 2 atom stereocenters. The molecule has 2 aliphatic rings. The van der Waals surface area contributed by atoms with Crippen molar-refractivity contribution in [1.82, 2.24) is 4.31 Å². The minimum atomic E-state index is -3.79. The molecule has 1 aliphatic carbocycles. The molecule has 0 saturated heterocycles. The molecule has 7 heteroatoms. The van der Waals surface area contributed by atoms with Crippen LogP contribution in [0.4, 0.5) is 4.39 Å². The molecule has 1 aliphatic heterocycles. The molecule has 0 N–H and O–H groups in total. The number of hydrogen-bond acceptors (Lipinski definition) is 3. The fraction of sp³-hybridized carbons (Fsp3) is 0.316. The molecule has 1 heterocycles. The molecule has 26 heavy (non-hydrogen) atoms. The van der Waals surface area contributed by atoms with Crippen molar-refractivity contribution in [1.29, 1.82) is 0 Å². The van der Waals surface area contributed by atoms with Gasteiger partial charge in [0, 0.05) is 0 Å². The Hall–Kier alpha value is -1.69. The van der Waals surface area contributed by atoms with E-state index in [2.05, 4.69) is 0 Å². The quantitative estimate of drug-likeness (QED) is 0.693. The fourth-order valence-corrected chi connectivity index (χ4v) is 8.51. The summed E-state index contributed by atoms with van der Waals surface area (Å²) < 4.78 is 41.3. The number of halogens is 1. The van der Waals surface area contributed by atoms with Gasteiger partial charge in [-0.3, -0.25) is 0 Å². The van der Waals surface area contributed by atoms with Crippen LogP contribution in [0.15, 0.2) is 53.4 Å². The molecule has 1 saturated carbocycles. The van der Waals surface area contributed by atoms with Gasteiger partial charge in [0.25, 0.3) is 0 Å². The van der Waals surface area contributed by atoms with Gasteiger partial charge in [0.15, 0.2) is 0 Å². The van der Waals surface area contributed by atoms with Gasteiger partial charge >= 0.3 is 159 Å². The maximum atomic E-state index is 13.2. The zero-order chi connectivity index (χ0) is 18.3. The van der Waals surface area contributed by atoms with Crippen LogP contribution < -0.4 is 4.46 Å². The van der Waals surface area contributed by atoms with Crippen LogP contribution in [0.1, 0.15) is 36.0 Å². The minimum absolute atomic E-state index is 0.0244. The van der Waals surface area contributed by atoms with Crippen LogP contribution in [-0.2, 0) is 10.0 Å². The molecule has 0 spiro atoms. The van der Waals surface area contributed by atoms with Gasteiger partial charge < -0.3 is 0 Å². The Morgan fingerprint density at radius 1 is 1.00 bits per heavy atom. The Labute approximate surface area is 158 Å². The average molecular weight is 438 g/mol. The van der Waals surface area contributed by atoms with E-state index in [0.29, 0.717) is 6.42 Å². The third-order valence-electron chi connectivity index (χ3n) is 4.92. The van der Waals surface area contributed by atoms with E-state index in [1.54, 1.807) is 30.3 Å². The van der Waals surface area contributed by atoms with Crippen molar-refractivity contribution in [3.8, 4) is 0 Å². The fourth-order valence-electron chi connectivity index (χ4n) is 3.70. The Morgan fingerprint density at radius 3 is 2.42 bits per heavy atom. The van der Waals surface area contributed by atoms with Crippen molar-refractivity contribution in [2.45, 2.75) is 41.4 Å². The van der Waals surface area contributed by atoms with E-state index in [0.717, 1.165) is 28.0 Å². The molecular formula is C19H18FNO3SSe. The molecule has 136 valence electrons. The second-order valence-electron chi connectivity index (χ2n) is 6.56. The summed E-state index contributed by atoms with van der Waals surface area (Å²) in [5, 5.41) is 0. The first kappa shape index (κ1) is 17.7. The van der Waals surface area contributed by atoms with Crippen LogP contribution in [0.3, 0.4) is 0 Å². The molecule has 1 fully saturated rings. The van der Waals surface area contributed by atoms with E-state index in [9.17, 15) is 17.6 Å². The van der Waals surface area contributed by atoms with Gasteiger partial charge in [-0.15, -0.1) is 0 Å². The molecule has 2 aromatic carbocycles. The molecular weight excluding hydrogens is 420 g/mol. The van der Waals surface area contributed by atoms with Crippen LogP contribution in [0.2, 0.25) is 4.82 Å². The van der Waals surface area contributed by atoms with E-state index >= 15 is 0 Å².